The van der Waals surface area contributed by atoms with Crippen LogP contribution in [0.15, 0.2) is 23.1 Å². The zero-order chi connectivity index (χ0) is 19.0. The van der Waals surface area contributed by atoms with Crippen molar-refractivity contribution in [1.82, 2.24) is 0 Å². The SMILES string of the molecule is CCCCC(=O)/C(C#C[Si](C(C)C)(C(C)C)C(C)C)=C/c1cccs1. The fourth-order valence-corrected chi connectivity index (χ4v) is 9.66. The number of carbonyl (C=O) groups is 1. The Balaban J connectivity index is 3.33. The van der Waals surface area contributed by atoms with E-state index in [0.29, 0.717) is 28.6 Å². The van der Waals surface area contributed by atoms with Crippen molar-refractivity contribution in [2.75, 3.05) is 0 Å². The van der Waals surface area contributed by atoms with Gasteiger partial charge in [-0.1, -0.05) is 66.9 Å². The highest BCUT2D eigenvalue weighted by Crippen LogP contribution is 2.40. The lowest BCUT2D eigenvalue weighted by Crippen LogP contribution is -2.43. The Morgan fingerprint density at radius 3 is 2.20 bits per heavy atom. The molecule has 0 aliphatic heterocycles. The van der Waals surface area contributed by atoms with Gasteiger partial charge in [0.25, 0.3) is 0 Å². The van der Waals surface area contributed by atoms with Crippen molar-refractivity contribution in [3.63, 3.8) is 0 Å². The lowest BCUT2D eigenvalue weighted by Gasteiger charge is -2.38. The van der Waals surface area contributed by atoms with Gasteiger partial charge in [-0.2, -0.15) is 0 Å². The Labute approximate surface area is 159 Å². The van der Waals surface area contributed by atoms with E-state index >= 15 is 0 Å². The minimum atomic E-state index is -1.82. The Kier molecular flexibility index (Phi) is 8.89. The molecule has 0 saturated heterocycles. The van der Waals surface area contributed by atoms with Gasteiger partial charge in [0.15, 0.2) is 5.78 Å². The standard InChI is InChI=1S/C22H34OSSi/c1-8-9-12-22(23)20(16-21-11-10-14-24-21)13-15-25(17(2)3,18(4)5)19(6)7/h10-11,14,16-19H,8-9,12H2,1-7H3/b20-16+. The second-order valence-electron chi connectivity index (χ2n) is 7.75. The molecule has 0 radical (unpaired) electrons. The van der Waals surface area contributed by atoms with Crippen LogP contribution in [-0.4, -0.2) is 13.9 Å². The maximum Gasteiger partial charge on any atom is 0.171 e. The second kappa shape index (κ2) is 10.1. The number of ketones is 1. The van der Waals surface area contributed by atoms with E-state index in [-0.39, 0.29) is 5.78 Å². The van der Waals surface area contributed by atoms with E-state index in [0.717, 1.165) is 17.7 Å². The smallest absolute Gasteiger partial charge is 0.171 e. The van der Waals surface area contributed by atoms with E-state index in [1.165, 1.54) is 0 Å². The first-order valence-electron chi connectivity index (χ1n) is 9.57. The Hall–Kier alpha value is -1.11. The maximum atomic E-state index is 12.7. The summed E-state index contributed by atoms with van der Waals surface area (Å²) in [5, 5.41) is 2.04. The summed E-state index contributed by atoms with van der Waals surface area (Å²) in [7, 11) is -1.82. The number of carbonyl (C=O) groups excluding carboxylic acids is 1. The van der Waals surface area contributed by atoms with Crippen molar-refractivity contribution in [2.45, 2.75) is 84.4 Å². The van der Waals surface area contributed by atoms with Gasteiger partial charge in [0.05, 0.1) is 5.57 Å². The minimum absolute atomic E-state index is 0.196. The zero-order valence-electron chi connectivity index (χ0n) is 17.0. The normalized spacial score (nSPS) is 12.6. The molecule has 0 aliphatic rings. The van der Waals surface area contributed by atoms with Crippen molar-refractivity contribution in [1.29, 1.82) is 0 Å². The Morgan fingerprint density at radius 1 is 1.16 bits per heavy atom. The molecule has 0 amide bonds. The van der Waals surface area contributed by atoms with Crippen LogP contribution in [0, 0.1) is 11.5 Å². The van der Waals surface area contributed by atoms with Crippen LogP contribution < -0.4 is 0 Å². The molecule has 0 aliphatic carbocycles. The van der Waals surface area contributed by atoms with Gasteiger partial charge in [-0.3, -0.25) is 4.79 Å². The topological polar surface area (TPSA) is 17.1 Å². The molecule has 0 atom stereocenters. The fraction of sp³-hybridized carbons (Fsp3) is 0.591. The van der Waals surface area contributed by atoms with E-state index in [9.17, 15) is 4.79 Å². The van der Waals surface area contributed by atoms with Gasteiger partial charge in [0, 0.05) is 11.3 Å². The molecule has 1 aromatic rings. The number of unbranched alkanes of at least 4 members (excludes halogenated alkanes) is 1. The first kappa shape index (κ1) is 21.9. The van der Waals surface area contributed by atoms with E-state index < -0.39 is 8.07 Å². The van der Waals surface area contributed by atoms with Crippen LogP contribution in [0.4, 0.5) is 0 Å². The molecule has 0 N–H and O–H groups in total. The Morgan fingerprint density at radius 2 is 1.76 bits per heavy atom. The summed E-state index contributed by atoms with van der Waals surface area (Å²) < 4.78 is 0. The van der Waals surface area contributed by atoms with Gasteiger partial charge in [0.1, 0.15) is 8.07 Å². The molecule has 3 heteroatoms. The van der Waals surface area contributed by atoms with Gasteiger partial charge in [-0.15, -0.1) is 16.9 Å². The van der Waals surface area contributed by atoms with Gasteiger partial charge in [-0.25, -0.2) is 0 Å². The van der Waals surface area contributed by atoms with Crippen LogP contribution in [0.3, 0.4) is 0 Å². The number of Topliss-reactive ketones (excluding diaryl/α,β-unsaturated/α-hetero) is 1. The summed E-state index contributed by atoms with van der Waals surface area (Å²) in [4.78, 5) is 13.8. The lowest BCUT2D eigenvalue weighted by atomic mass is 10.1. The largest absolute Gasteiger partial charge is 0.293 e. The van der Waals surface area contributed by atoms with E-state index in [1.807, 2.05) is 17.5 Å². The van der Waals surface area contributed by atoms with Crippen molar-refractivity contribution in [3.05, 3.63) is 28.0 Å². The second-order valence-corrected chi connectivity index (χ2v) is 14.3. The molecule has 138 valence electrons. The molecule has 0 fully saturated rings. The summed E-state index contributed by atoms with van der Waals surface area (Å²) in [6.07, 6.45) is 4.56. The van der Waals surface area contributed by atoms with Crippen molar-refractivity contribution >= 4 is 31.3 Å². The molecule has 1 rings (SSSR count). The molecule has 0 unspecified atom stereocenters. The number of thiophene rings is 1. The summed E-state index contributed by atoms with van der Waals surface area (Å²) in [6.45, 7) is 16.0. The number of hydrogen-bond donors (Lipinski definition) is 0. The highest BCUT2D eigenvalue weighted by Gasteiger charge is 2.41. The van der Waals surface area contributed by atoms with Crippen LogP contribution >= 0.6 is 11.3 Å². The van der Waals surface area contributed by atoms with Crippen LogP contribution in [0.1, 0.15) is 72.6 Å². The molecule has 0 spiro atoms. The minimum Gasteiger partial charge on any atom is -0.293 e. The van der Waals surface area contributed by atoms with E-state index in [4.69, 9.17) is 0 Å². The summed E-state index contributed by atoms with van der Waals surface area (Å²) >= 11 is 1.66. The third-order valence-corrected chi connectivity index (χ3v) is 12.3. The summed E-state index contributed by atoms with van der Waals surface area (Å²) in [5.41, 5.74) is 6.14. The summed E-state index contributed by atoms with van der Waals surface area (Å²) in [6, 6.07) is 4.07. The molecule has 1 nitrogen and oxygen atoms in total. The van der Waals surface area contributed by atoms with E-state index in [1.54, 1.807) is 11.3 Å². The predicted octanol–water partition coefficient (Wildman–Crippen LogP) is 7.11. The summed E-state index contributed by atoms with van der Waals surface area (Å²) in [5.74, 6) is 3.58. The number of rotatable bonds is 8. The fourth-order valence-electron chi connectivity index (χ4n) is 3.78. The number of allylic oxidation sites excluding steroid dienone is 1. The van der Waals surface area contributed by atoms with Crippen LogP contribution in [0.2, 0.25) is 16.6 Å². The molecule has 0 aromatic carbocycles. The average molecular weight is 375 g/mol. The first-order chi connectivity index (χ1) is 11.8. The molecule has 0 bridgehead atoms. The van der Waals surface area contributed by atoms with E-state index in [2.05, 4.69) is 66.0 Å². The van der Waals surface area contributed by atoms with Gasteiger partial charge < -0.3 is 0 Å². The maximum absolute atomic E-state index is 12.7. The van der Waals surface area contributed by atoms with Crippen LogP contribution in [0.5, 0.6) is 0 Å². The highest BCUT2D eigenvalue weighted by molar-refractivity contribution is 7.10. The first-order valence-corrected chi connectivity index (χ1v) is 12.7. The van der Waals surface area contributed by atoms with Gasteiger partial charge in [-0.05, 0) is 40.6 Å². The monoisotopic (exact) mass is 374 g/mol. The molecule has 0 saturated carbocycles. The highest BCUT2D eigenvalue weighted by atomic mass is 32.1. The Bertz CT molecular complexity index is 605. The molecule has 25 heavy (non-hydrogen) atoms. The molecular formula is C22H34OSSi. The predicted molar refractivity (Wildman–Crippen MR) is 116 cm³/mol. The van der Waals surface area contributed by atoms with Crippen LogP contribution in [-0.2, 0) is 4.79 Å². The lowest BCUT2D eigenvalue weighted by molar-refractivity contribution is -0.115. The van der Waals surface area contributed by atoms with Gasteiger partial charge >= 0.3 is 0 Å². The molecular weight excluding hydrogens is 340 g/mol. The molecule has 1 aromatic heterocycles. The quantitative estimate of drug-likeness (QED) is 0.269. The van der Waals surface area contributed by atoms with Crippen molar-refractivity contribution < 1.29 is 4.79 Å². The van der Waals surface area contributed by atoms with Crippen molar-refractivity contribution in [3.8, 4) is 11.5 Å². The molecule has 1 heterocycles. The van der Waals surface area contributed by atoms with Crippen molar-refractivity contribution in [2.24, 2.45) is 0 Å². The van der Waals surface area contributed by atoms with Gasteiger partial charge in [0.2, 0.25) is 0 Å². The zero-order valence-corrected chi connectivity index (χ0v) is 18.8. The third-order valence-electron chi connectivity index (χ3n) is 5.17. The van der Waals surface area contributed by atoms with Crippen LogP contribution in [0.25, 0.3) is 6.08 Å². The third kappa shape index (κ3) is 5.69. The number of hydrogen-bond acceptors (Lipinski definition) is 2. The average Bonchev–Trinajstić information content (AvgIpc) is 3.04.